The summed E-state index contributed by atoms with van der Waals surface area (Å²) in [5.41, 5.74) is 2.57. The van der Waals surface area contributed by atoms with Gasteiger partial charge in [0.25, 0.3) is 0 Å². The van der Waals surface area contributed by atoms with Gasteiger partial charge in [-0.3, -0.25) is 0 Å². The second-order valence-corrected chi connectivity index (χ2v) is 6.07. The highest BCUT2D eigenvalue weighted by Gasteiger charge is 2.18. The predicted molar refractivity (Wildman–Crippen MR) is 80.6 cm³/mol. The molecule has 1 saturated carbocycles. The normalized spacial score (nSPS) is 23.3. The Labute approximate surface area is 117 Å². The maximum absolute atomic E-state index is 5.29. The van der Waals surface area contributed by atoms with Crippen molar-refractivity contribution in [3.05, 3.63) is 29.3 Å². The fraction of sp³-hybridized carbons (Fsp3) is 0.647. The number of ether oxygens (including phenoxy) is 1. The van der Waals surface area contributed by atoms with Crippen LogP contribution in [0.2, 0.25) is 0 Å². The van der Waals surface area contributed by atoms with E-state index in [4.69, 9.17) is 4.74 Å². The van der Waals surface area contributed by atoms with Crippen LogP contribution in [0, 0.1) is 18.8 Å². The zero-order valence-electron chi connectivity index (χ0n) is 12.5. The Bertz CT molecular complexity index is 402. The second kappa shape index (κ2) is 6.95. The molecule has 1 aromatic carbocycles. The minimum atomic E-state index is 0.878. The molecule has 1 fully saturated rings. The van der Waals surface area contributed by atoms with E-state index in [-0.39, 0.29) is 0 Å². The summed E-state index contributed by atoms with van der Waals surface area (Å²) in [6.07, 6.45) is 5.64. The Kier molecular flexibility index (Phi) is 5.26. The zero-order chi connectivity index (χ0) is 13.7. The largest absolute Gasteiger partial charge is 0.496 e. The Hall–Kier alpha value is -1.02. The molecule has 0 aromatic heterocycles. The number of methoxy groups -OCH3 is 1. The van der Waals surface area contributed by atoms with Crippen LogP contribution in [-0.4, -0.2) is 13.7 Å². The van der Waals surface area contributed by atoms with Gasteiger partial charge in [-0.25, -0.2) is 0 Å². The molecule has 0 amide bonds. The number of benzene rings is 1. The summed E-state index contributed by atoms with van der Waals surface area (Å²) in [4.78, 5) is 0. The minimum absolute atomic E-state index is 0.878. The van der Waals surface area contributed by atoms with Crippen LogP contribution in [0.25, 0.3) is 0 Å². The Morgan fingerprint density at radius 1 is 1.32 bits per heavy atom. The molecule has 0 spiro atoms. The summed E-state index contributed by atoms with van der Waals surface area (Å²) in [6, 6.07) is 6.44. The molecule has 0 aliphatic heterocycles. The molecule has 19 heavy (non-hydrogen) atoms. The van der Waals surface area contributed by atoms with E-state index in [2.05, 4.69) is 37.4 Å². The fourth-order valence-electron chi connectivity index (χ4n) is 3.22. The lowest BCUT2D eigenvalue weighted by Gasteiger charge is -2.26. The number of rotatable bonds is 5. The first-order chi connectivity index (χ1) is 9.19. The molecular weight excluding hydrogens is 234 g/mol. The van der Waals surface area contributed by atoms with Crippen molar-refractivity contribution >= 4 is 0 Å². The first kappa shape index (κ1) is 14.4. The molecule has 0 radical (unpaired) electrons. The van der Waals surface area contributed by atoms with Gasteiger partial charge >= 0.3 is 0 Å². The van der Waals surface area contributed by atoms with Crippen molar-refractivity contribution in [2.45, 2.75) is 46.1 Å². The van der Waals surface area contributed by atoms with Crippen LogP contribution in [0.5, 0.6) is 5.75 Å². The van der Waals surface area contributed by atoms with Gasteiger partial charge in [-0.15, -0.1) is 0 Å². The third-order valence-corrected chi connectivity index (χ3v) is 4.27. The van der Waals surface area contributed by atoms with Crippen molar-refractivity contribution in [1.29, 1.82) is 0 Å². The van der Waals surface area contributed by atoms with E-state index in [0.29, 0.717) is 0 Å². The van der Waals surface area contributed by atoms with Crippen LogP contribution in [0.15, 0.2) is 18.2 Å². The van der Waals surface area contributed by atoms with Gasteiger partial charge in [-0.2, -0.15) is 0 Å². The smallest absolute Gasteiger partial charge is 0.121 e. The van der Waals surface area contributed by atoms with Crippen LogP contribution in [0.4, 0.5) is 0 Å². The first-order valence-corrected chi connectivity index (χ1v) is 7.53. The van der Waals surface area contributed by atoms with Crippen LogP contribution >= 0.6 is 0 Å². The van der Waals surface area contributed by atoms with Crippen molar-refractivity contribution in [2.24, 2.45) is 11.8 Å². The standard InChI is InChI=1S/C17H27NO/c1-13-5-4-6-15(9-13)11-18-12-16-7-8-17(19-3)14(2)10-16/h7-8,10,13,15,18H,4-6,9,11-12H2,1-3H3. The lowest BCUT2D eigenvalue weighted by Crippen LogP contribution is -2.26. The van der Waals surface area contributed by atoms with Crippen molar-refractivity contribution in [3.63, 3.8) is 0 Å². The van der Waals surface area contributed by atoms with Gasteiger partial charge in [0.05, 0.1) is 7.11 Å². The maximum Gasteiger partial charge on any atom is 0.121 e. The van der Waals surface area contributed by atoms with Crippen molar-refractivity contribution in [3.8, 4) is 5.75 Å². The topological polar surface area (TPSA) is 21.3 Å². The summed E-state index contributed by atoms with van der Waals surface area (Å²) in [7, 11) is 1.73. The highest BCUT2D eigenvalue weighted by Crippen LogP contribution is 2.28. The van der Waals surface area contributed by atoms with Gasteiger partial charge in [-0.1, -0.05) is 31.9 Å². The molecule has 1 aliphatic carbocycles. The number of hydrogen-bond acceptors (Lipinski definition) is 2. The summed E-state index contributed by atoms with van der Waals surface area (Å²) >= 11 is 0. The minimum Gasteiger partial charge on any atom is -0.496 e. The van der Waals surface area contributed by atoms with Gasteiger partial charge in [0.15, 0.2) is 0 Å². The van der Waals surface area contributed by atoms with E-state index >= 15 is 0 Å². The van der Waals surface area contributed by atoms with E-state index < -0.39 is 0 Å². The molecule has 106 valence electrons. The Morgan fingerprint density at radius 3 is 2.84 bits per heavy atom. The molecule has 2 rings (SSSR count). The van der Waals surface area contributed by atoms with Gasteiger partial charge < -0.3 is 10.1 Å². The monoisotopic (exact) mass is 261 g/mol. The van der Waals surface area contributed by atoms with Crippen LogP contribution in [0.1, 0.15) is 43.7 Å². The Balaban J connectivity index is 1.77. The van der Waals surface area contributed by atoms with Crippen LogP contribution < -0.4 is 10.1 Å². The summed E-state index contributed by atoms with van der Waals surface area (Å²) < 4.78 is 5.29. The molecule has 0 saturated heterocycles. The fourth-order valence-corrected chi connectivity index (χ4v) is 3.22. The van der Waals surface area contributed by atoms with E-state index in [1.807, 2.05) is 0 Å². The molecule has 1 N–H and O–H groups in total. The number of hydrogen-bond donors (Lipinski definition) is 1. The zero-order valence-corrected chi connectivity index (χ0v) is 12.5. The molecule has 0 heterocycles. The number of nitrogens with one attached hydrogen (secondary N) is 1. The third kappa shape index (κ3) is 4.24. The van der Waals surface area contributed by atoms with E-state index in [1.165, 1.54) is 36.8 Å². The molecule has 1 aromatic rings. The van der Waals surface area contributed by atoms with Crippen molar-refractivity contribution < 1.29 is 4.74 Å². The molecule has 0 bridgehead atoms. The lowest BCUT2D eigenvalue weighted by molar-refractivity contribution is 0.274. The highest BCUT2D eigenvalue weighted by atomic mass is 16.5. The third-order valence-electron chi connectivity index (χ3n) is 4.27. The van der Waals surface area contributed by atoms with Crippen molar-refractivity contribution in [2.75, 3.05) is 13.7 Å². The number of aryl methyl sites for hydroxylation is 1. The Morgan fingerprint density at radius 2 is 2.16 bits per heavy atom. The molecular formula is C17H27NO. The second-order valence-electron chi connectivity index (χ2n) is 6.07. The summed E-state index contributed by atoms with van der Waals surface area (Å²) in [5.74, 6) is 2.77. The molecule has 2 unspecified atom stereocenters. The van der Waals surface area contributed by atoms with Gasteiger partial charge in [-0.05, 0) is 55.3 Å². The molecule has 2 heteroatoms. The molecule has 1 aliphatic rings. The average Bonchev–Trinajstić information content (AvgIpc) is 2.39. The summed E-state index contributed by atoms with van der Waals surface area (Å²) in [5, 5.41) is 3.62. The molecule has 2 nitrogen and oxygen atoms in total. The predicted octanol–water partition coefficient (Wildman–Crippen LogP) is 3.92. The van der Waals surface area contributed by atoms with E-state index in [1.54, 1.807) is 7.11 Å². The van der Waals surface area contributed by atoms with Gasteiger partial charge in [0, 0.05) is 6.54 Å². The maximum atomic E-state index is 5.29. The quantitative estimate of drug-likeness (QED) is 0.867. The summed E-state index contributed by atoms with van der Waals surface area (Å²) in [6.45, 7) is 6.62. The van der Waals surface area contributed by atoms with Crippen LogP contribution in [-0.2, 0) is 6.54 Å². The SMILES string of the molecule is COc1ccc(CNCC2CCCC(C)C2)cc1C. The van der Waals surface area contributed by atoms with Gasteiger partial charge in [0.2, 0.25) is 0 Å². The van der Waals surface area contributed by atoms with E-state index in [0.717, 1.165) is 30.7 Å². The average molecular weight is 261 g/mol. The highest BCUT2D eigenvalue weighted by molar-refractivity contribution is 5.36. The van der Waals surface area contributed by atoms with Crippen molar-refractivity contribution in [1.82, 2.24) is 5.32 Å². The lowest BCUT2D eigenvalue weighted by atomic mass is 9.82. The molecule has 2 atom stereocenters. The first-order valence-electron chi connectivity index (χ1n) is 7.53. The van der Waals surface area contributed by atoms with Gasteiger partial charge in [0.1, 0.15) is 5.75 Å². The van der Waals surface area contributed by atoms with E-state index in [9.17, 15) is 0 Å². The van der Waals surface area contributed by atoms with Crippen LogP contribution in [0.3, 0.4) is 0 Å².